The molecule has 8 heteroatoms. The van der Waals surface area contributed by atoms with Gasteiger partial charge in [-0.25, -0.2) is 8.78 Å². The zero-order chi connectivity index (χ0) is 17.3. The molecule has 6 nitrogen and oxygen atoms in total. The molecule has 1 unspecified atom stereocenters. The van der Waals surface area contributed by atoms with Gasteiger partial charge >= 0.3 is 0 Å². The van der Waals surface area contributed by atoms with Gasteiger partial charge in [0, 0.05) is 24.9 Å². The molecule has 23 heavy (non-hydrogen) atoms. The van der Waals surface area contributed by atoms with Crippen LogP contribution in [0.1, 0.15) is 25.0 Å². The van der Waals surface area contributed by atoms with E-state index >= 15 is 0 Å². The maximum Gasteiger partial charge on any atom is 0.266 e. The number of alkyl halides is 2. The second-order valence-corrected chi connectivity index (χ2v) is 5.57. The van der Waals surface area contributed by atoms with Gasteiger partial charge in [0.05, 0.1) is 13.1 Å². The molecule has 0 aliphatic carbocycles. The molecule has 1 aliphatic rings. The molecule has 0 radical (unpaired) electrons. The lowest BCUT2D eigenvalue weighted by Crippen LogP contribution is -2.52. The van der Waals surface area contributed by atoms with Crippen LogP contribution in [-0.4, -0.2) is 41.2 Å². The van der Waals surface area contributed by atoms with Crippen LogP contribution in [0.4, 0.5) is 8.78 Å². The number of carbonyl (C=O) groups is 2. The molecule has 0 bridgehead atoms. The van der Waals surface area contributed by atoms with Crippen molar-refractivity contribution in [1.82, 2.24) is 9.88 Å². The Morgan fingerprint density at radius 1 is 1.48 bits per heavy atom. The Morgan fingerprint density at radius 2 is 2.17 bits per heavy atom. The summed E-state index contributed by atoms with van der Waals surface area (Å²) in [6, 6.07) is 1.93. The lowest BCUT2D eigenvalue weighted by molar-refractivity contribution is -0.167. The first-order chi connectivity index (χ1) is 10.7. The first-order valence-corrected chi connectivity index (χ1v) is 6.88. The topological polar surface area (TPSA) is 83.3 Å². The fraction of sp³-hybridized carbons (Fsp3) is 0.467. The minimum Gasteiger partial charge on any atom is -0.490 e. The first kappa shape index (κ1) is 16.8. The van der Waals surface area contributed by atoms with Crippen LogP contribution < -0.4 is 4.74 Å². The number of ether oxygens (including phenoxy) is 1. The molecule has 1 amide bonds. The van der Waals surface area contributed by atoms with E-state index in [1.807, 2.05) is 6.07 Å². The Kier molecular flexibility index (Phi) is 4.32. The van der Waals surface area contributed by atoms with Gasteiger partial charge in [-0.15, -0.1) is 0 Å². The molecule has 122 valence electrons. The Hall–Kier alpha value is -2.56. The van der Waals surface area contributed by atoms with Gasteiger partial charge in [-0.1, -0.05) is 0 Å². The van der Waals surface area contributed by atoms with E-state index in [0.29, 0.717) is 12.5 Å². The highest BCUT2D eigenvalue weighted by molar-refractivity contribution is 5.97. The van der Waals surface area contributed by atoms with E-state index in [4.69, 9.17) is 10.00 Å². The van der Waals surface area contributed by atoms with E-state index in [1.165, 1.54) is 12.4 Å². The van der Waals surface area contributed by atoms with Crippen molar-refractivity contribution in [2.24, 2.45) is 5.41 Å². The number of rotatable bonds is 3. The van der Waals surface area contributed by atoms with Crippen LogP contribution in [0.15, 0.2) is 12.4 Å². The van der Waals surface area contributed by atoms with Crippen LogP contribution in [-0.2, 0) is 16.1 Å². The van der Waals surface area contributed by atoms with Crippen molar-refractivity contribution in [3.63, 3.8) is 0 Å². The third-order valence-electron chi connectivity index (χ3n) is 3.94. The Bertz CT molecular complexity index is 682. The number of fused-ring (bicyclic) bond motifs is 1. The summed E-state index contributed by atoms with van der Waals surface area (Å²) in [5.41, 5.74) is -1.82. The summed E-state index contributed by atoms with van der Waals surface area (Å²) in [5, 5.41) is 9.04. The number of aromatic nitrogens is 1. The van der Waals surface area contributed by atoms with Gasteiger partial charge in [0.2, 0.25) is 5.91 Å². The summed E-state index contributed by atoms with van der Waals surface area (Å²) >= 11 is 0. The van der Waals surface area contributed by atoms with Crippen LogP contribution in [0.25, 0.3) is 0 Å². The number of hydrogen-bond acceptors (Lipinski definition) is 5. The zero-order valence-electron chi connectivity index (χ0n) is 12.7. The SMILES string of the molecule is CC(F)(F)C(C)(C=O)C(=O)N1CCOc2c(C#N)cncc2C1. The Morgan fingerprint density at radius 3 is 2.74 bits per heavy atom. The molecule has 1 aromatic heterocycles. The second kappa shape index (κ2) is 5.91. The smallest absolute Gasteiger partial charge is 0.266 e. The molecule has 2 rings (SSSR count). The van der Waals surface area contributed by atoms with Crippen LogP contribution in [0.2, 0.25) is 0 Å². The molecule has 1 aromatic rings. The number of halogens is 2. The van der Waals surface area contributed by atoms with Crippen molar-refractivity contribution in [2.75, 3.05) is 13.2 Å². The number of amides is 1. The monoisotopic (exact) mass is 323 g/mol. The van der Waals surface area contributed by atoms with E-state index < -0.39 is 17.2 Å². The summed E-state index contributed by atoms with van der Waals surface area (Å²) in [6.07, 6.45) is 2.71. The average Bonchev–Trinajstić information content (AvgIpc) is 2.74. The summed E-state index contributed by atoms with van der Waals surface area (Å²) in [4.78, 5) is 28.7. The third-order valence-corrected chi connectivity index (χ3v) is 3.94. The van der Waals surface area contributed by atoms with Gasteiger partial charge in [-0.2, -0.15) is 5.26 Å². The Labute approximate surface area is 131 Å². The number of pyridine rings is 1. The van der Waals surface area contributed by atoms with Gasteiger partial charge in [0.25, 0.3) is 5.92 Å². The zero-order valence-corrected chi connectivity index (χ0v) is 12.7. The fourth-order valence-electron chi connectivity index (χ4n) is 2.24. The van der Waals surface area contributed by atoms with Crippen molar-refractivity contribution in [1.29, 1.82) is 5.26 Å². The van der Waals surface area contributed by atoms with Gasteiger partial charge in [0.1, 0.15) is 30.3 Å². The standard InChI is InChI=1S/C15H15F2N3O3/c1-14(9-21,15(2,16)17)13(22)20-3-4-23-12-10(5-18)6-19-7-11(12)8-20/h6-7,9H,3-4,8H2,1-2H3. The van der Waals surface area contributed by atoms with Crippen LogP contribution in [0.3, 0.4) is 0 Å². The fourth-order valence-corrected chi connectivity index (χ4v) is 2.24. The molecular formula is C15H15F2N3O3. The average molecular weight is 323 g/mol. The van der Waals surface area contributed by atoms with E-state index in [2.05, 4.69) is 4.98 Å². The summed E-state index contributed by atoms with van der Waals surface area (Å²) in [5.74, 6) is -4.21. The number of aldehydes is 1. The van der Waals surface area contributed by atoms with Gasteiger partial charge in [0.15, 0.2) is 5.41 Å². The number of nitrogens with zero attached hydrogens (tertiary/aromatic N) is 3. The van der Waals surface area contributed by atoms with Crippen molar-refractivity contribution < 1.29 is 23.1 Å². The van der Waals surface area contributed by atoms with E-state index in [0.717, 1.165) is 11.8 Å². The second-order valence-electron chi connectivity index (χ2n) is 5.57. The van der Waals surface area contributed by atoms with Crippen LogP contribution >= 0.6 is 0 Å². The van der Waals surface area contributed by atoms with E-state index in [9.17, 15) is 18.4 Å². The third kappa shape index (κ3) is 2.86. The summed E-state index contributed by atoms with van der Waals surface area (Å²) in [6.45, 7) is 1.45. The largest absolute Gasteiger partial charge is 0.490 e. The van der Waals surface area contributed by atoms with Crippen LogP contribution in [0.5, 0.6) is 5.75 Å². The number of nitriles is 1. The highest BCUT2D eigenvalue weighted by Crippen LogP contribution is 2.37. The van der Waals surface area contributed by atoms with E-state index in [-0.39, 0.29) is 37.3 Å². The summed E-state index contributed by atoms with van der Waals surface area (Å²) < 4.78 is 32.9. The number of carbonyl (C=O) groups excluding carboxylic acids is 2. The minimum absolute atomic E-state index is 0.0219. The molecule has 0 aromatic carbocycles. The molecular weight excluding hydrogens is 308 g/mol. The molecule has 0 N–H and O–H groups in total. The van der Waals surface area contributed by atoms with Gasteiger partial charge in [-0.05, 0) is 6.92 Å². The van der Waals surface area contributed by atoms with Gasteiger partial charge in [-0.3, -0.25) is 9.78 Å². The molecule has 1 atom stereocenters. The highest BCUT2D eigenvalue weighted by Gasteiger charge is 2.54. The lowest BCUT2D eigenvalue weighted by Gasteiger charge is -2.33. The maximum absolute atomic E-state index is 13.7. The number of hydrogen-bond donors (Lipinski definition) is 0. The molecule has 0 saturated heterocycles. The molecule has 0 fully saturated rings. The molecule has 0 spiro atoms. The predicted octanol–water partition coefficient (Wildman–Crippen LogP) is 1.53. The van der Waals surface area contributed by atoms with Crippen molar-refractivity contribution in [3.8, 4) is 11.8 Å². The van der Waals surface area contributed by atoms with Crippen LogP contribution in [0, 0.1) is 16.7 Å². The molecule has 2 heterocycles. The summed E-state index contributed by atoms with van der Waals surface area (Å²) in [7, 11) is 0. The molecule has 0 saturated carbocycles. The van der Waals surface area contributed by atoms with Crippen molar-refractivity contribution in [3.05, 3.63) is 23.5 Å². The maximum atomic E-state index is 13.7. The first-order valence-electron chi connectivity index (χ1n) is 6.88. The molecule has 1 aliphatic heterocycles. The lowest BCUT2D eigenvalue weighted by atomic mass is 9.84. The predicted molar refractivity (Wildman–Crippen MR) is 74.7 cm³/mol. The normalized spacial score (nSPS) is 17.1. The minimum atomic E-state index is -3.51. The Balaban J connectivity index is 2.37. The highest BCUT2D eigenvalue weighted by atomic mass is 19.3. The van der Waals surface area contributed by atoms with Crippen molar-refractivity contribution >= 4 is 12.2 Å². The van der Waals surface area contributed by atoms with Crippen molar-refractivity contribution in [2.45, 2.75) is 26.3 Å². The quantitative estimate of drug-likeness (QED) is 0.622. The van der Waals surface area contributed by atoms with E-state index in [1.54, 1.807) is 0 Å². The van der Waals surface area contributed by atoms with Gasteiger partial charge < -0.3 is 14.4 Å².